The van der Waals surface area contributed by atoms with Gasteiger partial charge in [0, 0.05) is 28.6 Å². The first-order valence-electron chi connectivity index (χ1n) is 5.25. The summed E-state index contributed by atoms with van der Waals surface area (Å²) in [6.45, 7) is 0. The molecule has 0 aliphatic heterocycles. The Hall–Kier alpha value is -1.39. The molecule has 0 spiro atoms. The van der Waals surface area contributed by atoms with E-state index in [9.17, 15) is 5.11 Å². The molecule has 1 fully saturated rings. The zero-order valence-corrected chi connectivity index (χ0v) is 9.45. The highest BCUT2D eigenvalue weighted by atomic mass is 32.1. The van der Waals surface area contributed by atoms with Crippen LogP contribution < -0.4 is 5.73 Å². The molecule has 1 heterocycles. The van der Waals surface area contributed by atoms with Crippen LogP contribution in [0.3, 0.4) is 0 Å². The Morgan fingerprint density at radius 1 is 1.31 bits per heavy atom. The van der Waals surface area contributed by atoms with Gasteiger partial charge in [-0.25, -0.2) is 4.98 Å². The van der Waals surface area contributed by atoms with Crippen molar-refractivity contribution >= 4 is 11.3 Å². The number of nitrogens with zero attached hydrogens (tertiary/aromatic N) is 1. The molecule has 0 radical (unpaired) electrons. The summed E-state index contributed by atoms with van der Waals surface area (Å²) in [5.74, 6) is 0.799. The summed E-state index contributed by atoms with van der Waals surface area (Å²) in [6, 6.07) is 7.45. The molecule has 1 aliphatic carbocycles. The summed E-state index contributed by atoms with van der Waals surface area (Å²) < 4.78 is 0. The number of hydrogen-bond donors (Lipinski definition) is 2. The highest BCUT2D eigenvalue weighted by Crippen LogP contribution is 2.43. The normalized spacial score (nSPS) is 23.3. The number of phenolic OH excluding ortho intramolecular Hbond substituents is 1. The third-order valence-electron chi connectivity index (χ3n) is 2.84. The first-order chi connectivity index (χ1) is 7.74. The average molecular weight is 232 g/mol. The van der Waals surface area contributed by atoms with Crippen molar-refractivity contribution in [1.29, 1.82) is 0 Å². The second-order valence-corrected chi connectivity index (χ2v) is 5.18. The minimum atomic E-state index is 0.282. The lowest BCUT2D eigenvalue weighted by Gasteiger charge is -1.95. The summed E-state index contributed by atoms with van der Waals surface area (Å²) in [4.78, 5) is 5.67. The third kappa shape index (κ3) is 1.70. The molecule has 16 heavy (non-hydrogen) atoms. The zero-order chi connectivity index (χ0) is 11.1. The van der Waals surface area contributed by atoms with E-state index in [0.29, 0.717) is 12.0 Å². The molecule has 3 N–H and O–H groups in total. The van der Waals surface area contributed by atoms with Crippen LogP contribution >= 0.6 is 11.3 Å². The van der Waals surface area contributed by atoms with Gasteiger partial charge >= 0.3 is 0 Å². The minimum absolute atomic E-state index is 0.282. The summed E-state index contributed by atoms with van der Waals surface area (Å²) >= 11 is 1.69. The molecule has 3 rings (SSSR count). The van der Waals surface area contributed by atoms with Crippen LogP contribution in [-0.4, -0.2) is 16.1 Å². The Kier molecular flexibility index (Phi) is 2.19. The van der Waals surface area contributed by atoms with Gasteiger partial charge in [0.15, 0.2) is 0 Å². The number of benzene rings is 1. The minimum Gasteiger partial charge on any atom is -0.508 e. The Balaban J connectivity index is 1.89. The monoisotopic (exact) mass is 232 g/mol. The van der Waals surface area contributed by atoms with Gasteiger partial charge in [0.2, 0.25) is 0 Å². The summed E-state index contributed by atoms with van der Waals surface area (Å²) in [5.41, 5.74) is 6.86. The van der Waals surface area contributed by atoms with E-state index in [-0.39, 0.29) is 5.75 Å². The second-order valence-electron chi connectivity index (χ2n) is 4.12. The van der Waals surface area contributed by atoms with Crippen molar-refractivity contribution in [1.82, 2.24) is 4.98 Å². The van der Waals surface area contributed by atoms with E-state index in [2.05, 4.69) is 4.98 Å². The number of aromatic nitrogens is 1. The molecular formula is C12H12N2OS. The molecule has 1 aliphatic rings. The second kappa shape index (κ2) is 3.57. The Morgan fingerprint density at radius 3 is 2.62 bits per heavy atom. The van der Waals surface area contributed by atoms with E-state index < -0.39 is 0 Å². The van der Waals surface area contributed by atoms with Crippen molar-refractivity contribution in [3.05, 3.63) is 35.3 Å². The molecular weight excluding hydrogens is 220 g/mol. The molecule has 0 amide bonds. The molecule has 1 saturated carbocycles. The number of thiazole rings is 1. The standard InChI is InChI=1S/C12H12N2OS/c13-10-5-9(10)11-6-14-12(16-11)7-1-3-8(15)4-2-7/h1-4,6,9-10,15H,5,13H2/t9-,10-/m1/s1. The van der Waals surface area contributed by atoms with Crippen LogP contribution in [0.4, 0.5) is 0 Å². The zero-order valence-electron chi connectivity index (χ0n) is 8.63. The van der Waals surface area contributed by atoms with Gasteiger partial charge in [-0.1, -0.05) is 0 Å². The molecule has 0 unspecified atom stereocenters. The molecule has 1 aromatic heterocycles. The number of rotatable bonds is 2. The molecule has 3 nitrogen and oxygen atoms in total. The fourth-order valence-electron chi connectivity index (χ4n) is 1.74. The lowest BCUT2D eigenvalue weighted by molar-refractivity contribution is 0.475. The van der Waals surface area contributed by atoms with Gasteiger partial charge in [-0.2, -0.15) is 0 Å². The maximum atomic E-state index is 9.21. The van der Waals surface area contributed by atoms with Crippen LogP contribution in [0.5, 0.6) is 5.75 Å². The number of nitrogens with two attached hydrogens (primary N) is 1. The van der Waals surface area contributed by atoms with E-state index in [0.717, 1.165) is 17.0 Å². The molecule has 82 valence electrons. The SMILES string of the molecule is N[C@@H]1C[C@H]1c1cnc(-c2ccc(O)cc2)s1. The molecule has 1 aromatic carbocycles. The quantitative estimate of drug-likeness (QED) is 0.835. The van der Waals surface area contributed by atoms with Gasteiger partial charge in [-0.15, -0.1) is 11.3 Å². The summed E-state index contributed by atoms with van der Waals surface area (Å²) in [6.07, 6.45) is 3.00. The van der Waals surface area contributed by atoms with Crippen LogP contribution in [0.25, 0.3) is 10.6 Å². The first kappa shape index (κ1) is 9.81. The average Bonchev–Trinajstić information content (AvgIpc) is 2.82. The van der Waals surface area contributed by atoms with Gasteiger partial charge in [-0.3, -0.25) is 0 Å². The van der Waals surface area contributed by atoms with Crippen molar-refractivity contribution in [2.24, 2.45) is 5.73 Å². The van der Waals surface area contributed by atoms with Crippen molar-refractivity contribution in [2.45, 2.75) is 18.4 Å². The fourth-order valence-corrected chi connectivity index (χ4v) is 2.85. The van der Waals surface area contributed by atoms with Crippen LogP contribution in [0.15, 0.2) is 30.5 Å². The fraction of sp³-hybridized carbons (Fsp3) is 0.250. The van der Waals surface area contributed by atoms with Crippen molar-refractivity contribution < 1.29 is 5.11 Å². The highest BCUT2D eigenvalue weighted by Gasteiger charge is 2.36. The van der Waals surface area contributed by atoms with E-state index in [4.69, 9.17) is 5.73 Å². The summed E-state index contributed by atoms with van der Waals surface area (Å²) in [5, 5.41) is 10.2. The molecule has 2 atom stereocenters. The highest BCUT2D eigenvalue weighted by molar-refractivity contribution is 7.15. The van der Waals surface area contributed by atoms with Gasteiger partial charge < -0.3 is 10.8 Å². The predicted molar refractivity (Wildman–Crippen MR) is 64.5 cm³/mol. The van der Waals surface area contributed by atoms with Crippen LogP contribution in [0.2, 0.25) is 0 Å². The number of aromatic hydroxyl groups is 1. The largest absolute Gasteiger partial charge is 0.508 e. The van der Waals surface area contributed by atoms with Crippen LogP contribution in [0, 0.1) is 0 Å². The molecule has 2 aromatic rings. The summed E-state index contributed by atoms with van der Waals surface area (Å²) in [7, 11) is 0. The van der Waals surface area contributed by atoms with Gasteiger partial charge in [0.05, 0.1) is 0 Å². The first-order valence-corrected chi connectivity index (χ1v) is 6.06. The Morgan fingerprint density at radius 2 is 2.00 bits per heavy atom. The lowest BCUT2D eigenvalue weighted by Crippen LogP contribution is -1.99. The van der Waals surface area contributed by atoms with E-state index in [1.807, 2.05) is 18.3 Å². The molecule has 4 heteroatoms. The maximum Gasteiger partial charge on any atom is 0.123 e. The molecule has 0 bridgehead atoms. The Bertz CT molecular complexity index is 506. The smallest absolute Gasteiger partial charge is 0.123 e. The lowest BCUT2D eigenvalue weighted by atomic mass is 10.2. The van der Waals surface area contributed by atoms with E-state index in [1.54, 1.807) is 23.5 Å². The molecule has 0 saturated heterocycles. The third-order valence-corrected chi connectivity index (χ3v) is 4.02. The van der Waals surface area contributed by atoms with Crippen molar-refractivity contribution in [3.8, 4) is 16.3 Å². The predicted octanol–water partition coefficient (Wildman–Crippen LogP) is 2.33. The van der Waals surface area contributed by atoms with Crippen LogP contribution in [0.1, 0.15) is 17.2 Å². The van der Waals surface area contributed by atoms with Gasteiger partial charge in [-0.05, 0) is 30.7 Å². The van der Waals surface area contributed by atoms with Crippen LogP contribution in [-0.2, 0) is 0 Å². The van der Waals surface area contributed by atoms with Gasteiger partial charge in [0.1, 0.15) is 10.8 Å². The van der Waals surface area contributed by atoms with Crippen molar-refractivity contribution in [2.75, 3.05) is 0 Å². The number of phenols is 1. The van der Waals surface area contributed by atoms with E-state index in [1.165, 1.54) is 4.88 Å². The maximum absolute atomic E-state index is 9.21. The van der Waals surface area contributed by atoms with Crippen molar-refractivity contribution in [3.63, 3.8) is 0 Å². The Labute approximate surface area is 97.6 Å². The van der Waals surface area contributed by atoms with Gasteiger partial charge in [0.25, 0.3) is 0 Å². The topological polar surface area (TPSA) is 59.1 Å². The number of hydrogen-bond acceptors (Lipinski definition) is 4. The van der Waals surface area contributed by atoms with E-state index >= 15 is 0 Å².